The van der Waals surface area contributed by atoms with E-state index in [4.69, 9.17) is 4.74 Å². The molecule has 4 aromatic rings. The number of nitrogens with one attached hydrogen (secondary N) is 1. The van der Waals surface area contributed by atoms with Crippen molar-refractivity contribution in [1.29, 1.82) is 5.26 Å². The lowest BCUT2D eigenvalue weighted by molar-refractivity contribution is -0.138. The smallest absolute Gasteiger partial charge is 0.419 e. The van der Waals surface area contributed by atoms with Gasteiger partial charge in [-0.25, -0.2) is 9.97 Å². The fourth-order valence-electron chi connectivity index (χ4n) is 3.49. The summed E-state index contributed by atoms with van der Waals surface area (Å²) in [4.78, 5) is 12.6. The van der Waals surface area contributed by atoms with Gasteiger partial charge in [0.2, 0.25) is 0 Å². The van der Waals surface area contributed by atoms with Gasteiger partial charge < -0.3 is 14.6 Å². The standard InChI is InChI=1S/C24H21F3N6O/c1-33-15-31-23-20(13-28)32-19(12-21(23)33)16-6-7-22(18(11-16)24(25,26)27)34-10-4-8-29-14-17-5-2-3-9-30-17/h2-3,5-7,9,11-12,15,29H,4,8,10,14H2,1H3. The Morgan fingerprint density at radius 1 is 1.15 bits per heavy atom. The predicted octanol–water partition coefficient (Wildman–Crippen LogP) is 4.48. The maximum Gasteiger partial charge on any atom is 0.419 e. The van der Waals surface area contributed by atoms with Crippen LogP contribution in [0.4, 0.5) is 13.2 Å². The quantitative estimate of drug-likeness (QED) is 0.385. The van der Waals surface area contributed by atoms with Crippen molar-refractivity contribution in [2.45, 2.75) is 19.1 Å². The number of alkyl halides is 3. The molecule has 0 unspecified atom stereocenters. The molecule has 0 aliphatic heterocycles. The van der Waals surface area contributed by atoms with Crippen LogP contribution in [0.3, 0.4) is 0 Å². The number of nitrogens with zero attached hydrogens (tertiary/aromatic N) is 5. The number of halogens is 3. The molecule has 0 aliphatic rings. The predicted molar refractivity (Wildman–Crippen MR) is 120 cm³/mol. The van der Waals surface area contributed by atoms with E-state index in [1.165, 1.54) is 18.5 Å². The maximum absolute atomic E-state index is 13.8. The number of benzene rings is 1. The normalized spacial score (nSPS) is 11.5. The summed E-state index contributed by atoms with van der Waals surface area (Å²) in [7, 11) is 1.74. The van der Waals surface area contributed by atoms with Gasteiger partial charge in [0.1, 0.15) is 17.3 Å². The average Bonchev–Trinajstić information content (AvgIpc) is 3.21. The van der Waals surface area contributed by atoms with Crippen molar-refractivity contribution in [1.82, 2.24) is 24.8 Å². The first-order valence-corrected chi connectivity index (χ1v) is 10.5. The third-order valence-electron chi connectivity index (χ3n) is 5.19. The molecule has 0 amide bonds. The summed E-state index contributed by atoms with van der Waals surface area (Å²) in [6, 6.07) is 13.0. The van der Waals surface area contributed by atoms with E-state index in [2.05, 4.69) is 20.3 Å². The lowest BCUT2D eigenvalue weighted by Gasteiger charge is -2.16. The number of aromatic nitrogens is 4. The second-order valence-electron chi connectivity index (χ2n) is 7.60. The highest BCUT2D eigenvalue weighted by molar-refractivity contribution is 5.84. The van der Waals surface area contributed by atoms with Crippen molar-refractivity contribution >= 4 is 11.0 Å². The Kier molecular flexibility index (Phi) is 6.75. The minimum Gasteiger partial charge on any atom is -0.493 e. The van der Waals surface area contributed by atoms with Crippen LogP contribution in [0, 0.1) is 11.3 Å². The van der Waals surface area contributed by atoms with Gasteiger partial charge in [-0.1, -0.05) is 6.07 Å². The van der Waals surface area contributed by atoms with Gasteiger partial charge in [0, 0.05) is 25.4 Å². The maximum atomic E-state index is 13.8. The van der Waals surface area contributed by atoms with E-state index < -0.39 is 11.7 Å². The van der Waals surface area contributed by atoms with E-state index in [0.29, 0.717) is 30.5 Å². The van der Waals surface area contributed by atoms with Gasteiger partial charge >= 0.3 is 6.18 Å². The van der Waals surface area contributed by atoms with Crippen LogP contribution in [0.5, 0.6) is 5.75 Å². The molecular weight excluding hydrogens is 445 g/mol. The summed E-state index contributed by atoms with van der Waals surface area (Å²) < 4.78 is 48.5. The van der Waals surface area contributed by atoms with Crippen LogP contribution in [0.1, 0.15) is 23.4 Å². The van der Waals surface area contributed by atoms with E-state index in [1.54, 1.807) is 23.9 Å². The molecule has 10 heteroatoms. The Morgan fingerprint density at radius 2 is 2.00 bits per heavy atom. The number of hydrogen-bond acceptors (Lipinski definition) is 6. The van der Waals surface area contributed by atoms with Crippen molar-refractivity contribution in [2.75, 3.05) is 13.2 Å². The number of nitriles is 1. The number of imidazole rings is 1. The molecule has 7 nitrogen and oxygen atoms in total. The molecule has 3 aromatic heterocycles. The van der Waals surface area contributed by atoms with Crippen molar-refractivity contribution < 1.29 is 17.9 Å². The van der Waals surface area contributed by atoms with Gasteiger partial charge in [-0.3, -0.25) is 4.98 Å². The third kappa shape index (κ3) is 5.15. The Morgan fingerprint density at radius 3 is 2.74 bits per heavy atom. The Hall–Kier alpha value is -3.97. The third-order valence-corrected chi connectivity index (χ3v) is 5.19. The van der Waals surface area contributed by atoms with E-state index in [0.717, 1.165) is 11.8 Å². The van der Waals surface area contributed by atoms with E-state index in [-0.39, 0.29) is 29.3 Å². The van der Waals surface area contributed by atoms with Gasteiger partial charge in [0.15, 0.2) is 5.69 Å². The number of pyridine rings is 2. The Bertz CT molecular complexity index is 1330. The molecule has 0 aliphatic carbocycles. The summed E-state index contributed by atoms with van der Waals surface area (Å²) >= 11 is 0. The molecule has 4 rings (SSSR count). The average molecular weight is 466 g/mol. The van der Waals surface area contributed by atoms with Crippen LogP contribution >= 0.6 is 0 Å². The summed E-state index contributed by atoms with van der Waals surface area (Å²) in [5.74, 6) is -0.247. The number of fused-ring (bicyclic) bond motifs is 1. The topological polar surface area (TPSA) is 88.7 Å². The summed E-state index contributed by atoms with van der Waals surface area (Å²) in [6.07, 6.45) is -0.860. The highest BCUT2D eigenvalue weighted by Crippen LogP contribution is 2.39. The molecule has 1 N–H and O–H groups in total. The first-order chi connectivity index (χ1) is 16.4. The molecule has 0 bridgehead atoms. The number of ether oxygens (including phenoxy) is 1. The monoisotopic (exact) mass is 466 g/mol. The SMILES string of the molecule is Cn1cnc2c(C#N)nc(-c3ccc(OCCCNCc4ccccn4)c(C(F)(F)F)c3)cc21. The molecule has 0 saturated heterocycles. The second-order valence-corrected chi connectivity index (χ2v) is 7.60. The fraction of sp³-hybridized carbons (Fsp3) is 0.250. The summed E-state index contributed by atoms with van der Waals surface area (Å²) in [5.41, 5.74) is 1.54. The van der Waals surface area contributed by atoms with Gasteiger partial charge in [0.25, 0.3) is 0 Å². The molecule has 0 saturated carbocycles. The van der Waals surface area contributed by atoms with Crippen LogP contribution in [0.15, 0.2) is 55.0 Å². The molecule has 0 radical (unpaired) electrons. The van der Waals surface area contributed by atoms with Crippen LogP contribution < -0.4 is 10.1 Å². The van der Waals surface area contributed by atoms with Crippen LogP contribution in [0.25, 0.3) is 22.3 Å². The van der Waals surface area contributed by atoms with Crippen molar-refractivity contribution in [3.63, 3.8) is 0 Å². The number of hydrogen-bond donors (Lipinski definition) is 1. The first-order valence-electron chi connectivity index (χ1n) is 10.5. The highest BCUT2D eigenvalue weighted by Gasteiger charge is 2.35. The Balaban J connectivity index is 1.48. The molecule has 1 aromatic carbocycles. The Labute approximate surface area is 193 Å². The van der Waals surface area contributed by atoms with Crippen LogP contribution in [-0.2, 0) is 19.8 Å². The zero-order valence-corrected chi connectivity index (χ0v) is 18.3. The van der Waals surface area contributed by atoms with Gasteiger partial charge in [-0.2, -0.15) is 18.4 Å². The van der Waals surface area contributed by atoms with Crippen LogP contribution in [0.2, 0.25) is 0 Å². The molecule has 0 spiro atoms. The molecule has 0 atom stereocenters. The van der Waals surface area contributed by atoms with Crippen LogP contribution in [-0.4, -0.2) is 32.7 Å². The minimum atomic E-state index is -4.61. The van der Waals surface area contributed by atoms with E-state index in [9.17, 15) is 18.4 Å². The lowest BCUT2D eigenvalue weighted by Crippen LogP contribution is -2.18. The molecular formula is C24H21F3N6O. The van der Waals surface area contributed by atoms with Crippen molar-refractivity contribution in [3.05, 3.63) is 71.9 Å². The zero-order chi connectivity index (χ0) is 24.1. The number of rotatable bonds is 8. The highest BCUT2D eigenvalue weighted by atomic mass is 19.4. The molecule has 34 heavy (non-hydrogen) atoms. The zero-order valence-electron chi connectivity index (χ0n) is 18.3. The lowest BCUT2D eigenvalue weighted by atomic mass is 10.1. The van der Waals surface area contributed by atoms with Crippen molar-refractivity contribution in [3.8, 4) is 23.1 Å². The van der Waals surface area contributed by atoms with E-state index >= 15 is 0 Å². The summed E-state index contributed by atoms with van der Waals surface area (Å²) in [5, 5.41) is 12.6. The summed E-state index contributed by atoms with van der Waals surface area (Å²) in [6.45, 7) is 1.26. The minimum absolute atomic E-state index is 0.0557. The van der Waals surface area contributed by atoms with E-state index in [1.807, 2.05) is 24.3 Å². The number of aryl methyl sites for hydroxylation is 1. The molecule has 0 fully saturated rings. The van der Waals surface area contributed by atoms with Crippen molar-refractivity contribution in [2.24, 2.45) is 7.05 Å². The largest absolute Gasteiger partial charge is 0.493 e. The van der Waals surface area contributed by atoms with Gasteiger partial charge in [-0.05, 0) is 49.4 Å². The molecule has 3 heterocycles. The second kappa shape index (κ2) is 9.89. The van der Waals surface area contributed by atoms with Gasteiger partial charge in [0.05, 0.1) is 35.4 Å². The molecule has 174 valence electrons. The fourth-order valence-corrected chi connectivity index (χ4v) is 3.49. The van der Waals surface area contributed by atoms with Gasteiger partial charge in [-0.15, -0.1) is 0 Å². The first kappa shape index (κ1) is 23.2.